The average molecular weight is 318 g/mol. The van der Waals surface area contributed by atoms with E-state index in [4.69, 9.17) is 15.2 Å². The number of amides is 1. The first-order valence-electron chi connectivity index (χ1n) is 5.87. The molecule has 2 N–H and O–H groups in total. The van der Waals surface area contributed by atoms with Crippen molar-refractivity contribution in [2.45, 2.75) is 18.3 Å². The van der Waals surface area contributed by atoms with Gasteiger partial charge in [-0.3, -0.25) is 9.69 Å². The van der Waals surface area contributed by atoms with E-state index in [1.165, 1.54) is 23.8 Å². The van der Waals surface area contributed by atoms with E-state index in [-0.39, 0.29) is 23.6 Å². The molecule has 1 saturated heterocycles. The predicted octanol–water partition coefficient (Wildman–Crippen LogP) is 0.503. The van der Waals surface area contributed by atoms with Gasteiger partial charge in [0.05, 0.1) is 13.7 Å². The largest absolute Gasteiger partial charge is 0.464 e. The zero-order valence-corrected chi connectivity index (χ0v) is 12.6. The molecular formula is C11H14N2O5S2. The van der Waals surface area contributed by atoms with E-state index in [1.54, 1.807) is 6.92 Å². The van der Waals surface area contributed by atoms with Crippen LogP contribution in [0, 0.1) is 0 Å². The Kier molecular flexibility index (Phi) is 4.61. The van der Waals surface area contributed by atoms with Crippen molar-refractivity contribution in [2.24, 2.45) is 5.73 Å². The van der Waals surface area contributed by atoms with Crippen LogP contribution in [0.1, 0.15) is 6.92 Å². The lowest BCUT2D eigenvalue weighted by atomic mass is 10.1. The first kappa shape index (κ1) is 15.2. The molecule has 1 unspecified atom stereocenters. The molecule has 0 aromatic heterocycles. The number of hydrogen-bond donors (Lipinski definition) is 1. The molecular weight excluding hydrogens is 304 g/mol. The second kappa shape index (κ2) is 6.06. The minimum Gasteiger partial charge on any atom is -0.464 e. The number of fused-ring (bicyclic) bond motifs is 1. The Morgan fingerprint density at radius 3 is 2.85 bits per heavy atom. The number of nitrogens with zero attached hydrogens (tertiary/aromatic N) is 1. The molecule has 2 heterocycles. The van der Waals surface area contributed by atoms with Crippen LogP contribution in [0.3, 0.4) is 0 Å². The summed E-state index contributed by atoms with van der Waals surface area (Å²) in [6, 6.07) is -0.617. The third-order valence-electron chi connectivity index (χ3n) is 2.82. The Morgan fingerprint density at radius 2 is 2.25 bits per heavy atom. The first-order chi connectivity index (χ1) is 9.51. The molecule has 0 spiro atoms. The number of thioether (sulfide) groups is 2. The molecule has 2 rings (SSSR count). The van der Waals surface area contributed by atoms with Crippen molar-refractivity contribution < 1.29 is 23.9 Å². The quantitative estimate of drug-likeness (QED) is 0.593. The SMILES string of the molecule is CCOC(=O)SC1=C(C(=O)OC)N2C(=O)[C@@H](N)C2SC1. The second-order valence-corrected chi connectivity index (χ2v) is 6.12. The lowest BCUT2D eigenvalue weighted by Gasteiger charge is -2.47. The van der Waals surface area contributed by atoms with E-state index in [2.05, 4.69) is 0 Å². The fraction of sp³-hybridized carbons (Fsp3) is 0.545. The first-order valence-corrected chi connectivity index (χ1v) is 7.74. The van der Waals surface area contributed by atoms with Crippen LogP contribution in [0.25, 0.3) is 0 Å². The molecule has 2 aliphatic rings. The number of carbonyl (C=O) groups is 3. The Morgan fingerprint density at radius 1 is 1.55 bits per heavy atom. The van der Waals surface area contributed by atoms with E-state index in [0.29, 0.717) is 10.7 Å². The maximum Gasteiger partial charge on any atom is 0.371 e. The van der Waals surface area contributed by atoms with E-state index < -0.39 is 17.3 Å². The van der Waals surface area contributed by atoms with Gasteiger partial charge in [0.25, 0.3) is 0 Å². The van der Waals surface area contributed by atoms with Gasteiger partial charge in [0.2, 0.25) is 5.91 Å². The van der Waals surface area contributed by atoms with Gasteiger partial charge >= 0.3 is 11.3 Å². The van der Waals surface area contributed by atoms with Crippen LogP contribution in [-0.4, -0.2) is 53.0 Å². The summed E-state index contributed by atoms with van der Waals surface area (Å²) in [5.41, 5.74) is 5.79. The number of nitrogens with two attached hydrogens (primary N) is 1. The summed E-state index contributed by atoms with van der Waals surface area (Å²) in [6.07, 6.45) is 0. The highest BCUT2D eigenvalue weighted by Gasteiger charge is 2.52. The average Bonchev–Trinajstić information content (AvgIpc) is 2.45. The summed E-state index contributed by atoms with van der Waals surface area (Å²) in [7, 11) is 1.23. The molecule has 0 aromatic rings. The number of methoxy groups -OCH3 is 1. The summed E-state index contributed by atoms with van der Waals surface area (Å²) in [5, 5.41) is -0.789. The van der Waals surface area contributed by atoms with E-state index in [9.17, 15) is 14.4 Å². The zero-order chi connectivity index (χ0) is 14.9. The van der Waals surface area contributed by atoms with Gasteiger partial charge < -0.3 is 15.2 Å². The van der Waals surface area contributed by atoms with Crippen molar-refractivity contribution in [2.75, 3.05) is 19.5 Å². The Balaban J connectivity index is 2.28. The second-order valence-electron chi connectivity index (χ2n) is 3.98. The Bertz CT molecular complexity index is 493. The van der Waals surface area contributed by atoms with Gasteiger partial charge in [-0.1, -0.05) is 0 Å². The fourth-order valence-electron chi connectivity index (χ4n) is 1.90. The van der Waals surface area contributed by atoms with Gasteiger partial charge in [0, 0.05) is 10.7 Å². The van der Waals surface area contributed by atoms with Crippen molar-refractivity contribution in [3.8, 4) is 0 Å². The molecule has 110 valence electrons. The van der Waals surface area contributed by atoms with Gasteiger partial charge in [-0.2, -0.15) is 0 Å². The monoisotopic (exact) mass is 318 g/mol. The lowest BCUT2D eigenvalue weighted by molar-refractivity contribution is -0.149. The fourth-order valence-corrected chi connectivity index (χ4v) is 4.14. The molecule has 2 aliphatic heterocycles. The van der Waals surface area contributed by atoms with Crippen molar-refractivity contribution in [3.05, 3.63) is 10.6 Å². The smallest absolute Gasteiger partial charge is 0.371 e. The van der Waals surface area contributed by atoms with Crippen molar-refractivity contribution >= 4 is 40.7 Å². The molecule has 0 saturated carbocycles. The number of rotatable bonds is 3. The minimum absolute atomic E-state index is 0.0982. The molecule has 0 radical (unpaired) electrons. The van der Waals surface area contributed by atoms with Gasteiger partial charge in [0.15, 0.2) is 0 Å². The zero-order valence-electron chi connectivity index (χ0n) is 11.0. The maximum absolute atomic E-state index is 11.9. The lowest BCUT2D eigenvalue weighted by Crippen LogP contribution is -2.68. The molecule has 0 aromatic carbocycles. The van der Waals surface area contributed by atoms with Crippen LogP contribution >= 0.6 is 23.5 Å². The third-order valence-corrected chi connectivity index (χ3v) is 5.17. The molecule has 2 atom stereocenters. The van der Waals surface area contributed by atoms with Crippen molar-refractivity contribution in [3.63, 3.8) is 0 Å². The van der Waals surface area contributed by atoms with Crippen LogP contribution in [0.4, 0.5) is 4.79 Å². The van der Waals surface area contributed by atoms with Crippen LogP contribution < -0.4 is 5.73 Å². The molecule has 9 heteroatoms. The van der Waals surface area contributed by atoms with Crippen LogP contribution in [-0.2, 0) is 19.1 Å². The summed E-state index contributed by atoms with van der Waals surface area (Å²) < 4.78 is 9.53. The summed E-state index contributed by atoms with van der Waals surface area (Å²) >= 11 is 2.21. The van der Waals surface area contributed by atoms with Gasteiger partial charge in [-0.15, -0.1) is 11.8 Å². The van der Waals surface area contributed by atoms with Gasteiger partial charge in [-0.05, 0) is 18.7 Å². The highest BCUT2D eigenvalue weighted by Crippen LogP contribution is 2.43. The number of hydrogen-bond acceptors (Lipinski definition) is 8. The highest BCUT2D eigenvalue weighted by molar-refractivity contribution is 8.17. The minimum atomic E-state index is -0.651. The Labute approximate surface area is 124 Å². The standard InChI is InChI=1S/C11H14N2O5S2/c1-3-18-11(16)20-5-4-19-9-6(12)8(14)13(9)7(5)10(15)17-2/h6,9H,3-4,12H2,1-2H3/t6-,9?/m1/s1. The predicted molar refractivity (Wildman–Crippen MR) is 74.7 cm³/mol. The number of β-lactam (4-membered cyclic amide) rings is 1. The number of esters is 1. The van der Waals surface area contributed by atoms with Crippen molar-refractivity contribution in [1.29, 1.82) is 0 Å². The van der Waals surface area contributed by atoms with E-state index in [1.807, 2.05) is 0 Å². The van der Waals surface area contributed by atoms with Gasteiger partial charge in [-0.25, -0.2) is 9.59 Å². The van der Waals surface area contributed by atoms with Crippen LogP contribution in [0.2, 0.25) is 0 Å². The molecule has 20 heavy (non-hydrogen) atoms. The molecule has 1 fully saturated rings. The molecule has 0 bridgehead atoms. The Hall–Kier alpha value is -1.19. The summed E-state index contributed by atoms with van der Waals surface area (Å²) in [6.45, 7) is 1.94. The normalized spacial score (nSPS) is 24.9. The summed E-state index contributed by atoms with van der Waals surface area (Å²) in [5.74, 6) is -0.581. The van der Waals surface area contributed by atoms with Crippen LogP contribution in [0.15, 0.2) is 10.6 Å². The molecule has 7 nitrogen and oxygen atoms in total. The highest BCUT2D eigenvalue weighted by atomic mass is 32.2. The van der Waals surface area contributed by atoms with E-state index >= 15 is 0 Å². The third kappa shape index (κ3) is 2.52. The number of carbonyl (C=O) groups excluding carboxylic acids is 3. The maximum atomic E-state index is 11.9. The van der Waals surface area contributed by atoms with E-state index in [0.717, 1.165) is 11.8 Å². The number of ether oxygens (including phenoxy) is 2. The van der Waals surface area contributed by atoms with Gasteiger partial charge in [0.1, 0.15) is 17.1 Å². The molecule has 0 aliphatic carbocycles. The summed E-state index contributed by atoms with van der Waals surface area (Å²) in [4.78, 5) is 37.0. The molecule has 1 amide bonds. The topological polar surface area (TPSA) is 98.9 Å². The van der Waals surface area contributed by atoms with Crippen molar-refractivity contribution in [1.82, 2.24) is 4.90 Å². The van der Waals surface area contributed by atoms with Crippen LogP contribution in [0.5, 0.6) is 0 Å².